The molecule has 0 radical (unpaired) electrons. The molecule has 1 atom stereocenters. The maximum atomic E-state index is 13.4. The molecule has 1 N–H and O–H groups in total. The van der Waals surface area contributed by atoms with Crippen molar-refractivity contribution in [2.75, 3.05) is 17.1 Å². The lowest BCUT2D eigenvalue weighted by Crippen LogP contribution is -2.50. The van der Waals surface area contributed by atoms with Gasteiger partial charge >= 0.3 is 0 Å². The number of anilines is 1. The Morgan fingerprint density at radius 1 is 1.00 bits per heavy atom. The van der Waals surface area contributed by atoms with E-state index < -0.39 is 16.1 Å². The van der Waals surface area contributed by atoms with Crippen molar-refractivity contribution in [2.24, 2.45) is 0 Å². The van der Waals surface area contributed by atoms with E-state index in [2.05, 4.69) is 5.32 Å². The number of benzene rings is 2. The minimum absolute atomic E-state index is 0.133. The minimum atomic E-state index is -3.49. The summed E-state index contributed by atoms with van der Waals surface area (Å²) in [5, 5.41) is 3.15. The number of hydrogen-bond donors (Lipinski definition) is 1. The zero-order valence-electron chi connectivity index (χ0n) is 21.7. The first-order chi connectivity index (χ1) is 17.2. The van der Waals surface area contributed by atoms with Crippen molar-refractivity contribution in [3.05, 3.63) is 65.7 Å². The van der Waals surface area contributed by atoms with Gasteiger partial charge in [-0.2, -0.15) is 0 Å². The Labute approximate surface area is 215 Å². The number of sulfonamides is 1. The Kier molecular flexibility index (Phi) is 9.93. The topological polar surface area (TPSA) is 86.8 Å². The van der Waals surface area contributed by atoms with Crippen molar-refractivity contribution >= 4 is 27.5 Å². The van der Waals surface area contributed by atoms with Crippen molar-refractivity contribution < 1.29 is 18.0 Å². The maximum Gasteiger partial charge on any atom is 0.242 e. The Morgan fingerprint density at radius 2 is 1.64 bits per heavy atom. The molecule has 1 saturated carbocycles. The molecule has 3 rings (SSSR count). The number of rotatable bonds is 11. The van der Waals surface area contributed by atoms with Gasteiger partial charge in [-0.3, -0.25) is 13.9 Å². The fraction of sp³-hybridized carbons (Fsp3) is 0.500. The molecule has 8 heteroatoms. The van der Waals surface area contributed by atoms with Crippen LogP contribution in [0.4, 0.5) is 5.69 Å². The summed E-state index contributed by atoms with van der Waals surface area (Å²) in [4.78, 5) is 28.2. The fourth-order valence-corrected chi connectivity index (χ4v) is 5.69. The van der Waals surface area contributed by atoms with E-state index in [1.807, 2.05) is 37.3 Å². The number of nitrogens with zero attached hydrogens (tertiary/aromatic N) is 2. The van der Waals surface area contributed by atoms with E-state index in [-0.39, 0.29) is 30.8 Å². The van der Waals surface area contributed by atoms with Gasteiger partial charge in [-0.15, -0.1) is 0 Å². The number of nitrogens with one attached hydrogen (secondary N) is 1. The van der Waals surface area contributed by atoms with Crippen molar-refractivity contribution in [1.29, 1.82) is 0 Å². The molecule has 2 amide bonds. The first-order valence-electron chi connectivity index (χ1n) is 12.8. The zero-order chi connectivity index (χ0) is 26.1. The van der Waals surface area contributed by atoms with E-state index in [0.717, 1.165) is 36.8 Å². The Balaban J connectivity index is 1.71. The van der Waals surface area contributed by atoms with Crippen LogP contribution in [0.15, 0.2) is 54.6 Å². The molecular formula is C28H39N3O4S. The molecule has 1 unspecified atom stereocenters. The van der Waals surface area contributed by atoms with Gasteiger partial charge in [0.2, 0.25) is 21.8 Å². The summed E-state index contributed by atoms with van der Waals surface area (Å²) >= 11 is 0. The van der Waals surface area contributed by atoms with E-state index in [1.54, 1.807) is 36.1 Å². The van der Waals surface area contributed by atoms with Gasteiger partial charge in [0.05, 0.1) is 11.9 Å². The standard InChI is InChI=1S/C28H39N3O4S/c1-22-13-10-11-14-24(22)21-30(23(2)28(33)29-25-15-6-4-7-16-25)27(32)19-12-20-31(36(3,34)35)26-17-8-5-9-18-26/h5,8-11,13-14,17-18,23,25H,4,6-7,12,15-16,19-21H2,1-3H3,(H,29,33). The van der Waals surface area contributed by atoms with Crippen LogP contribution in [0.3, 0.4) is 0 Å². The predicted molar refractivity (Wildman–Crippen MR) is 144 cm³/mol. The van der Waals surface area contributed by atoms with Crippen LogP contribution in [0.25, 0.3) is 0 Å². The van der Waals surface area contributed by atoms with Crippen LogP contribution >= 0.6 is 0 Å². The van der Waals surface area contributed by atoms with E-state index in [9.17, 15) is 18.0 Å². The minimum Gasteiger partial charge on any atom is -0.352 e. The van der Waals surface area contributed by atoms with Crippen LogP contribution in [-0.2, 0) is 26.2 Å². The second kappa shape index (κ2) is 12.9. The van der Waals surface area contributed by atoms with Gasteiger partial charge in [-0.05, 0) is 56.4 Å². The second-order valence-corrected chi connectivity index (χ2v) is 11.6. The van der Waals surface area contributed by atoms with Crippen molar-refractivity contribution in [3.8, 4) is 0 Å². The molecule has 36 heavy (non-hydrogen) atoms. The number of amides is 2. The average Bonchev–Trinajstić information content (AvgIpc) is 2.86. The van der Waals surface area contributed by atoms with Crippen molar-refractivity contribution in [1.82, 2.24) is 10.2 Å². The van der Waals surface area contributed by atoms with E-state index >= 15 is 0 Å². The summed E-state index contributed by atoms with van der Waals surface area (Å²) in [6.07, 6.45) is 7.05. The van der Waals surface area contributed by atoms with Crippen LogP contribution in [0.5, 0.6) is 0 Å². The van der Waals surface area contributed by atoms with Gasteiger partial charge in [0.25, 0.3) is 0 Å². The summed E-state index contributed by atoms with van der Waals surface area (Å²) < 4.78 is 26.1. The van der Waals surface area contributed by atoms with Crippen LogP contribution < -0.4 is 9.62 Å². The third-order valence-corrected chi connectivity index (χ3v) is 8.11. The van der Waals surface area contributed by atoms with Gasteiger partial charge in [0.15, 0.2) is 0 Å². The normalized spacial score (nSPS) is 15.2. The van der Waals surface area contributed by atoms with E-state index in [0.29, 0.717) is 18.7 Å². The largest absolute Gasteiger partial charge is 0.352 e. The SMILES string of the molecule is Cc1ccccc1CN(C(=O)CCCN(c1ccccc1)S(C)(=O)=O)C(C)C(=O)NC1CCCCC1. The molecule has 0 heterocycles. The number of hydrogen-bond acceptors (Lipinski definition) is 4. The Morgan fingerprint density at radius 3 is 2.28 bits per heavy atom. The molecule has 2 aromatic carbocycles. The molecule has 0 aromatic heterocycles. The number of aryl methyl sites for hydroxylation is 1. The lowest BCUT2D eigenvalue weighted by atomic mass is 9.95. The first-order valence-corrected chi connectivity index (χ1v) is 14.7. The van der Waals surface area contributed by atoms with E-state index in [1.165, 1.54) is 17.0 Å². The van der Waals surface area contributed by atoms with Crippen LogP contribution in [0, 0.1) is 6.92 Å². The Hall–Kier alpha value is -2.87. The summed E-state index contributed by atoms with van der Waals surface area (Å²) in [5.41, 5.74) is 2.62. The maximum absolute atomic E-state index is 13.4. The smallest absolute Gasteiger partial charge is 0.242 e. The van der Waals surface area contributed by atoms with Crippen LogP contribution in [0.2, 0.25) is 0 Å². The number of para-hydroxylation sites is 1. The molecule has 1 fully saturated rings. The number of carbonyl (C=O) groups is 2. The highest BCUT2D eigenvalue weighted by molar-refractivity contribution is 7.92. The summed E-state index contributed by atoms with van der Waals surface area (Å²) in [5.74, 6) is -0.294. The molecule has 0 bridgehead atoms. The highest BCUT2D eigenvalue weighted by Crippen LogP contribution is 2.21. The monoisotopic (exact) mass is 513 g/mol. The molecule has 7 nitrogen and oxygen atoms in total. The van der Waals surface area contributed by atoms with Crippen molar-refractivity contribution in [2.45, 2.75) is 77.4 Å². The van der Waals surface area contributed by atoms with Crippen LogP contribution in [-0.4, -0.2) is 50.0 Å². The lowest BCUT2D eigenvalue weighted by Gasteiger charge is -2.32. The van der Waals surface area contributed by atoms with Crippen LogP contribution in [0.1, 0.15) is 63.0 Å². The molecule has 2 aromatic rings. The predicted octanol–water partition coefficient (Wildman–Crippen LogP) is 4.41. The van der Waals surface area contributed by atoms with Gasteiger partial charge in [0.1, 0.15) is 6.04 Å². The second-order valence-electron chi connectivity index (χ2n) is 9.74. The molecule has 1 aliphatic carbocycles. The number of carbonyl (C=O) groups excluding carboxylic acids is 2. The molecule has 0 spiro atoms. The summed E-state index contributed by atoms with van der Waals surface area (Å²) in [7, 11) is -3.49. The molecule has 0 saturated heterocycles. The molecular weight excluding hydrogens is 474 g/mol. The quantitative estimate of drug-likeness (QED) is 0.482. The fourth-order valence-electron chi connectivity index (χ4n) is 4.72. The van der Waals surface area contributed by atoms with Gasteiger partial charge < -0.3 is 10.2 Å². The molecule has 0 aliphatic heterocycles. The zero-order valence-corrected chi connectivity index (χ0v) is 22.5. The van der Waals surface area contributed by atoms with Gasteiger partial charge in [0, 0.05) is 25.6 Å². The van der Waals surface area contributed by atoms with E-state index in [4.69, 9.17) is 0 Å². The summed E-state index contributed by atoms with van der Waals surface area (Å²) in [6.45, 7) is 4.30. The lowest BCUT2D eigenvalue weighted by molar-refractivity contribution is -0.141. The highest BCUT2D eigenvalue weighted by Gasteiger charge is 2.28. The third-order valence-electron chi connectivity index (χ3n) is 6.92. The first kappa shape index (κ1) is 27.7. The molecule has 1 aliphatic rings. The van der Waals surface area contributed by atoms with Crippen molar-refractivity contribution in [3.63, 3.8) is 0 Å². The summed E-state index contributed by atoms with van der Waals surface area (Å²) in [6, 6.07) is 16.3. The third kappa shape index (κ3) is 7.82. The molecule has 196 valence electrons. The van der Waals surface area contributed by atoms with Gasteiger partial charge in [-0.1, -0.05) is 61.7 Å². The Bertz CT molecular complexity index is 1110. The highest BCUT2D eigenvalue weighted by atomic mass is 32.2. The van der Waals surface area contributed by atoms with Gasteiger partial charge in [-0.25, -0.2) is 8.42 Å². The average molecular weight is 514 g/mol.